The van der Waals surface area contributed by atoms with Crippen molar-refractivity contribution in [1.82, 2.24) is 5.32 Å². The maximum absolute atomic E-state index is 12.0. The molecule has 1 atom stereocenters. The van der Waals surface area contributed by atoms with Gasteiger partial charge in [-0.25, -0.2) is 0 Å². The van der Waals surface area contributed by atoms with E-state index >= 15 is 0 Å². The Bertz CT molecular complexity index is 484. The molecule has 0 spiro atoms. The minimum Gasteiger partial charge on any atom is -0.486 e. The maximum Gasteiger partial charge on any atom is 0.255 e. The molecule has 1 aromatic carbocycles. The fourth-order valence-electron chi connectivity index (χ4n) is 1.63. The lowest BCUT2D eigenvalue weighted by atomic mass is 10.1. The Morgan fingerprint density at radius 1 is 1.28 bits per heavy atom. The number of fused-ring (bicyclic) bond motifs is 1. The summed E-state index contributed by atoms with van der Waals surface area (Å²) >= 11 is 0. The molecule has 0 bridgehead atoms. The molecule has 5 heteroatoms. The third kappa shape index (κ3) is 2.45. The highest BCUT2D eigenvalue weighted by Gasteiger charge is 2.21. The van der Waals surface area contributed by atoms with E-state index in [4.69, 9.17) is 9.47 Å². The Morgan fingerprint density at radius 3 is 2.72 bits per heavy atom. The summed E-state index contributed by atoms with van der Waals surface area (Å²) < 4.78 is 10.8. The van der Waals surface area contributed by atoms with E-state index in [1.165, 1.54) is 6.92 Å². The van der Waals surface area contributed by atoms with Crippen LogP contribution in [-0.4, -0.2) is 30.9 Å². The standard InChI is InChI=1S/C13H15NO4/c1-8(9(2)15)14-13(16)10-4-3-5-11-12(10)18-7-6-17-11/h3-5,8H,6-7H2,1-2H3,(H,14,16). The topological polar surface area (TPSA) is 64.6 Å². The van der Waals surface area contributed by atoms with Gasteiger partial charge in [0, 0.05) is 0 Å². The van der Waals surface area contributed by atoms with Crippen LogP contribution < -0.4 is 14.8 Å². The SMILES string of the molecule is CC(=O)C(C)NC(=O)c1cccc2c1OCCO2. The van der Waals surface area contributed by atoms with Gasteiger partial charge in [0.2, 0.25) is 0 Å². The average molecular weight is 249 g/mol. The number of Topliss-reactive ketones (excluding diaryl/α,β-unsaturated/α-hetero) is 1. The second kappa shape index (κ2) is 5.08. The number of amides is 1. The maximum atomic E-state index is 12.0. The number of carbonyl (C=O) groups is 2. The second-order valence-corrected chi connectivity index (χ2v) is 4.14. The molecule has 0 aromatic heterocycles. The van der Waals surface area contributed by atoms with E-state index in [2.05, 4.69) is 5.32 Å². The first kappa shape index (κ1) is 12.4. The number of hydrogen-bond acceptors (Lipinski definition) is 4. The highest BCUT2D eigenvalue weighted by atomic mass is 16.6. The molecule has 0 aliphatic carbocycles. The molecule has 2 rings (SSSR count). The summed E-state index contributed by atoms with van der Waals surface area (Å²) in [5.41, 5.74) is 0.389. The van der Waals surface area contributed by atoms with Gasteiger partial charge >= 0.3 is 0 Å². The van der Waals surface area contributed by atoms with Crippen LogP contribution in [-0.2, 0) is 4.79 Å². The first-order valence-electron chi connectivity index (χ1n) is 5.79. The fraction of sp³-hybridized carbons (Fsp3) is 0.385. The Balaban J connectivity index is 2.23. The van der Waals surface area contributed by atoms with Crippen molar-refractivity contribution in [2.75, 3.05) is 13.2 Å². The third-order valence-electron chi connectivity index (χ3n) is 2.77. The molecular weight excluding hydrogens is 234 g/mol. The molecule has 96 valence electrons. The third-order valence-corrected chi connectivity index (χ3v) is 2.77. The van der Waals surface area contributed by atoms with Crippen molar-refractivity contribution in [2.45, 2.75) is 19.9 Å². The van der Waals surface area contributed by atoms with Crippen LogP contribution >= 0.6 is 0 Å². The smallest absolute Gasteiger partial charge is 0.255 e. The van der Waals surface area contributed by atoms with E-state index in [9.17, 15) is 9.59 Å². The van der Waals surface area contributed by atoms with E-state index in [0.29, 0.717) is 30.3 Å². The van der Waals surface area contributed by atoms with Crippen molar-refractivity contribution in [1.29, 1.82) is 0 Å². The molecule has 0 fully saturated rings. The summed E-state index contributed by atoms with van der Waals surface area (Å²) in [6, 6.07) is 4.61. The number of ketones is 1. The van der Waals surface area contributed by atoms with Gasteiger partial charge in [0.05, 0.1) is 11.6 Å². The van der Waals surface area contributed by atoms with Crippen molar-refractivity contribution in [3.8, 4) is 11.5 Å². The molecule has 1 amide bonds. The first-order valence-corrected chi connectivity index (χ1v) is 5.79. The molecule has 0 radical (unpaired) electrons. The summed E-state index contributed by atoms with van der Waals surface area (Å²) in [5, 5.41) is 2.62. The molecule has 0 saturated carbocycles. The van der Waals surface area contributed by atoms with E-state index < -0.39 is 6.04 Å². The Morgan fingerprint density at radius 2 is 2.00 bits per heavy atom. The fourth-order valence-corrected chi connectivity index (χ4v) is 1.63. The Labute approximate surface area is 105 Å². The van der Waals surface area contributed by atoms with Crippen molar-refractivity contribution in [3.05, 3.63) is 23.8 Å². The van der Waals surface area contributed by atoms with E-state index in [1.807, 2.05) is 0 Å². The molecule has 1 heterocycles. The monoisotopic (exact) mass is 249 g/mol. The molecule has 0 saturated heterocycles. The zero-order chi connectivity index (χ0) is 13.1. The summed E-state index contributed by atoms with van der Waals surface area (Å²) in [7, 11) is 0. The molecule has 1 N–H and O–H groups in total. The van der Waals surface area contributed by atoms with Crippen LogP contribution in [0.3, 0.4) is 0 Å². The van der Waals surface area contributed by atoms with Gasteiger partial charge in [0.15, 0.2) is 17.3 Å². The van der Waals surface area contributed by atoms with Crippen molar-refractivity contribution < 1.29 is 19.1 Å². The summed E-state index contributed by atoms with van der Waals surface area (Å²) in [4.78, 5) is 23.2. The zero-order valence-corrected chi connectivity index (χ0v) is 10.4. The normalized spacial score (nSPS) is 14.8. The van der Waals surface area contributed by atoms with Crippen LogP contribution in [0, 0.1) is 0 Å². The van der Waals surface area contributed by atoms with Gasteiger partial charge in [0.1, 0.15) is 13.2 Å². The van der Waals surface area contributed by atoms with Crippen LogP contribution in [0.2, 0.25) is 0 Å². The number of benzene rings is 1. The molecule has 1 aromatic rings. The molecule has 1 unspecified atom stereocenters. The minimum absolute atomic E-state index is 0.0923. The number of carbonyl (C=O) groups excluding carboxylic acids is 2. The second-order valence-electron chi connectivity index (χ2n) is 4.14. The van der Waals surface area contributed by atoms with Crippen molar-refractivity contribution in [3.63, 3.8) is 0 Å². The van der Waals surface area contributed by atoms with E-state index in [1.54, 1.807) is 25.1 Å². The van der Waals surface area contributed by atoms with Crippen LogP contribution in [0.1, 0.15) is 24.2 Å². The number of hydrogen-bond donors (Lipinski definition) is 1. The summed E-state index contributed by atoms with van der Waals surface area (Å²) in [6.45, 7) is 3.97. The van der Waals surface area contributed by atoms with Gasteiger partial charge in [-0.05, 0) is 26.0 Å². The summed E-state index contributed by atoms with van der Waals surface area (Å²) in [6.07, 6.45) is 0. The van der Waals surface area contributed by atoms with Crippen LogP contribution in [0.4, 0.5) is 0 Å². The zero-order valence-electron chi connectivity index (χ0n) is 10.4. The van der Waals surface area contributed by atoms with E-state index in [-0.39, 0.29) is 11.7 Å². The number of ether oxygens (including phenoxy) is 2. The van der Waals surface area contributed by atoms with E-state index in [0.717, 1.165) is 0 Å². The van der Waals surface area contributed by atoms with Gasteiger partial charge in [-0.3, -0.25) is 9.59 Å². The highest BCUT2D eigenvalue weighted by Crippen LogP contribution is 2.33. The predicted octanol–water partition coefficient (Wildman–Crippen LogP) is 1.17. The molecule has 5 nitrogen and oxygen atoms in total. The molecule has 1 aliphatic rings. The van der Waals surface area contributed by atoms with Crippen molar-refractivity contribution in [2.24, 2.45) is 0 Å². The summed E-state index contributed by atoms with van der Waals surface area (Å²) in [5.74, 6) is 0.576. The van der Waals surface area contributed by atoms with Crippen LogP contribution in [0.5, 0.6) is 11.5 Å². The van der Waals surface area contributed by atoms with Crippen LogP contribution in [0.15, 0.2) is 18.2 Å². The van der Waals surface area contributed by atoms with Crippen LogP contribution in [0.25, 0.3) is 0 Å². The Hall–Kier alpha value is -2.04. The number of rotatable bonds is 3. The quantitative estimate of drug-likeness (QED) is 0.873. The average Bonchev–Trinajstić information content (AvgIpc) is 2.37. The lowest BCUT2D eigenvalue weighted by Gasteiger charge is -2.21. The largest absolute Gasteiger partial charge is 0.486 e. The minimum atomic E-state index is -0.516. The van der Waals surface area contributed by atoms with Crippen molar-refractivity contribution >= 4 is 11.7 Å². The van der Waals surface area contributed by atoms with Gasteiger partial charge in [-0.2, -0.15) is 0 Å². The van der Waals surface area contributed by atoms with Gasteiger partial charge in [-0.15, -0.1) is 0 Å². The highest BCUT2D eigenvalue weighted by molar-refractivity contribution is 6.00. The lowest BCUT2D eigenvalue weighted by Crippen LogP contribution is -2.37. The van der Waals surface area contributed by atoms with Gasteiger partial charge in [0.25, 0.3) is 5.91 Å². The predicted molar refractivity (Wildman–Crippen MR) is 65.0 cm³/mol. The van der Waals surface area contributed by atoms with Gasteiger partial charge < -0.3 is 14.8 Å². The number of para-hydroxylation sites is 1. The Kier molecular flexibility index (Phi) is 3.50. The molecule has 18 heavy (non-hydrogen) atoms. The lowest BCUT2D eigenvalue weighted by molar-refractivity contribution is -0.118. The molecular formula is C13H15NO4. The first-order chi connectivity index (χ1) is 8.59. The number of nitrogens with one attached hydrogen (secondary N) is 1. The molecule has 1 aliphatic heterocycles. The van der Waals surface area contributed by atoms with Gasteiger partial charge in [-0.1, -0.05) is 6.07 Å².